The molecule has 3 heterocycles. The van der Waals surface area contributed by atoms with Gasteiger partial charge in [-0.15, -0.1) is 10.2 Å². The third kappa shape index (κ3) is 2.85. The Balaban J connectivity index is 1.60. The third-order valence-corrected chi connectivity index (χ3v) is 4.10. The van der Waals surface area contributed by atoms with Crippen molar-refractivity contribution in [3.63, 3.8) is 0 Å². The molecule has 26 heavy (non-hydrogen) atoms. The zero-order valence-corrected chi connectivity index (χ0v) is 14.6. The van der Waals surface area contributed by atoms with Gasteiger partial charge in [-0.3, -0.25) is 4.40 Å². The molecule has 0 spiro atoms. The zero-order valence-electron chi connectivity index (χ0n) is 14.6. The van der Waals surface area contributed by atoms with E-state index in [4.69, 9.17) is 14.0 Å². The molecule has 0 saturated heterocycles. The van der Waals surface area contributed by atoms with Crippen LogP contribution >= 0.6 is 0 Å². The van der Waals surface area contributed by atoms with E-state index in [0.717, 1.165) is 22.6 Å². The lowest BCUT2D eigenvalue weighted by molar-refractivity contribution is 0.354. The number of hydrogen-bond donors (Lipinski definition) is 0. The molecule has 4 aromatic rings. The van der Waals surface area contributed by atoms with E-state index in [9.17, 15) is 0 Å². The molecule has 0 N–H and O–H groups in total. The highest BCUT2D eigenvalue weighted by molar-refractivity contribution is 5.57. The summed E-state index contributed by atoms with van der Waals surface area (Å²) in [7, 11) is 3.21. The van der Waals surface area contributed by atoms with Gasteiger partial charge in [-0.25, -0.2) is 0 Å². The minimum atomic E-state index is 0.501. The molecule has 132 valence electrons. The second-order valence-corrected chi connectivity index (χ2v) is 5.77. The van der Waals surface area contributed by atoms with Crippen molar-refractivity contribution >= 4 is 5.65 Å². The zero-order chi connectivity index (χ0) is 18.1. The van der Waals surface area contributed by atoms with Gasteiger partial charge in [0.2, 0.25) is 11.7 Å². The summed E-state index contributed by atoms with van der Waals surface area (Å²) in [6.07, 6.45) is 2.40. The molecule has 0 aliphatic heterocycles. The molecule has 0 radical (unpaired) electrons. The molecule has 8 nitrogen and oxygen atoms in total. The van der Waals surface area contributed by atoms with Gasteiger partial charge in [-0.2, -0.15) is 4.98 Å². The number of benzene rings is 1. The maximum Gasteiger partial charge on any atom is 0.231 e. The van der Waals surface area contributed by atoms with Gasteiger partial charge in [0.25, 0.3) is 0 Å². The number of rotatable bonds is 5. The van der Waals surface area contributed by atoms with E-state index >= 15 is 0 Å². The summed E-state index contributed by atoms with van der Waals surface area (Å²) >= 11 is 0. The smallest absolute Gasteiger partial charge is 0.231 e. The standard InChI is InChI=1S/C18H17N5O3/c1-11-20-21-16-7-5-13(10-23(11)16)18-19-17(26-22-18)9-12-4-6-14(24-2)15(8-12)25-3/h4-8,10H,9H2,1-3H3. The number of hydrogen-bond acceptors (Lipinski definition) is 7. The van der Waals surface area contributed by atoms with E-state index in [1.807, 2.05) is 47.9 Å². The van der Waals surface area contributed by atoms with E-state index in [-0.39, 0.29) is 0 Å². The molecule has 0 amide bonds. The summed E-state index contributed by atoms with van der Waals surface area (Å²) in [5, 5.41) is 12.2. The van der Waals surface area contributed by atoms with Gasteiger partial charge < -0.3 is 14.0 Å². The fourth-order valence-corrected chi connectivity index (χ4v) is 2.75. The van der Waals surface area contributed by atoms with Gasteiger partial charge in [0.05, 0.1) is 20.6 Å². The monoisotopic (exact) mass is 351 g/mol. The van der Waals surface area contributed by atoms with Crippen LogP contribution in [0.4, 0.5) is 0 Å². The van der Waals surface area contributed by atoms with Gasteiger partial charge in [-0.1, -0.05) is 11.2 Å². The Morgan fingerprint density at radius 1 is 1.04 bits per heavy atom. The van der Waals surface area contributed by atoms with Gasteiger partial charge >= 0.3 is 0 Å². The summed E-state index contributed by atoms with van der Waals surface area (Å²) in [6.45, 7) is 1.89. The van der Waals surface area contributed by atoms with Crippen LogP contribution in [-0.4, -0.2) is 39.0 Å². The summed E-state index contributed by atoms with van der Waals surface area (Å²) in [5.41, 5.74) is 2.60. The van der Waals surface area contributed by atoms with Gasteiger partial charge in [0, 0.05) is 11.8 Å². The average Bonchev–Trinajstić information content (AvgIpc) is 3.28. The fraction of sp³-hybridized carbons (Fsp3) is 0.222. The summed E-state index contributed by atoms with van der Waals surface area (Å²) in [6, 6.07) is 9.47. The first-order valence-electron chi connectivity index (χ1n) is 8.03. The molecule has 0 aliphatic carbocycles. The predicted octanol–water partition coefficient (Wildman–Crippen LogP) is 2.70. The summed E-state index contributed by atoms with van der Waals surface area (Å²) in [4.78, 5) is 4.49. The molecule has 3 aromatic heterocycles. The first-order chi connectivity index (χ1) is 12.7. The van der Waals surface area contributed by atoms with Gasteiger partial charge in [0.1, 0.15) is 5.82 Å². The maximum atomic E-state index is 5.40. The van der Waals surface area contributed by atoms with Crippen molar-refractivity contribution in [2.24, 2.45) is 0 Å². The first-order valence-corrected chi connectivity index (χ1v) is 8.03. The Kier molecular flexibility index (Phi) is 4.00. The van der Waals surface area contributed by atoms with E-state index < -0.39 is 0 Å². The Morgan fingerprint density at radius 2 is 1.88 bits per heavy atom. The lowest BCUT2D eigenvalue weighted by atomic mass is 10.1. The molecular weight excluding hydrogens is 334 g/mol. The molecule has 0 saturated carbocycles. The highest BCUT2D eigenvalue weighted by Crippen LogP contribution is 2.28. The maximum absolute atomic E-state index is 5.40. The van der Waals surface area contributed by atoms with Crippen LogP contribution in [0, 0.1) is 6.92 Å². The minimum absolute atomic E-state index is 0.501. The van der Waals surface area contributed by atoms with Gasteiger partial charge in [-0.05, 0) is 36.8 Å². The van der Waals surface area contributed by atoms with Crippen molar-refractivity contribution in [1.82, 2.24) is 24.7 Å². The number of aryl methyl sites for hydroxylation is 1. The Bertz CT molecular complexity index is 1070. The highest BCUT2D eigenvalue weighted by Gasteiger charge is 2.12. The summed E-state index contributed by atoms with van der Waals surface area (Å²) < 4.78 is 17.9. The van der Waals surface area contributed by atoms with Crippen LogP contribution in [0.15, 0.2) is 41.1 Å². The molecule has 0 atom stereocenters. The van der Waals surface area contributed by atoms with Crippen LogP contribution in [0.3, 0.4) is 0 Å². The van der Waals surface area contributed by atoms with Crippen LogP contribution < -0.4 is 9.47 Å². The predicted molar refractivity (Wildman–Crippen MR) is 93.4 cm³/mol. The van der Waals surface area contributed by atoms with Crippen LogP contribution in [0.1, 0.15) is 17.3 Å². The molecule has 0 unspecified atom stereocenters. The van der Waals surface area contributed by atoms with E-state index in [1.165, 1.54) is 0 Å². The second-order valence-electron chi connectivity index (χ2n) is 5.77. The highest BCUT2D eigenvalue weighted by atomic mass is 16.5. The van der Waals surface area contributed by atoms with Crippen LogP contribution in [-0.2, 0) is 6.42 Å². The normalized spacial score (nSPS) is 11.0. The van der Waals surface area contributed by atoms with Crippen LogP contribution in [0.2, 0.25) is 0 Å². The largest absolute Gasteiger partial charge is 0.493 e. The van der Waals surface area contributed by atoms with Crippen molar-refractivity contribution in [3.05, 3.63) is 53.8 Å². The minimum Gasteiger partial charge on any atom is -0.493 e. The topological polar surface area (TPSA) is 87.6 Å². The van der Waals surface area contributed by atoms with E-state index in [0.29, 0.717) is 29.6 Å². The molecule has 0 aliphatic rings. The Hall–Kier alpha value is -3.42. The van der Waals surface area contributed by atoms with E-state index in [2.05, 4.69) is 20.3 Å². The average molecular weight is 351 g/mol. The molecule has 4 rings (SSSR count). The fourth-order valence-electron chi connectivity index (χ4n) is 2.75. The number of nitrogens with zero attached hydrogens (tertiary/aromatic N) is 5. The number of methoxy groups -OCH3 is 2. The first kappa shape index (κ1) is 16.1. The molecule has 0 fully saturated rings. The number of aromatic nitrogens is 5. The summed E-state index contributed by atoms with van der Waals surface area (Å²) in [5.74, 6) is 3.19. The van der Waals surface area contributed by atoms with Crippen LogP contribution in [0.25, 0.3) is 17.0 Å². The number of ether oxygens (including phenoxy) is 2. The second kappa shape index (κ2) is 6.47. The van der Waals surface area contributed by atoms with Crippen molar-refractivity contribution in [2.45, 2.75) is 13.3 Å². The Morgan fingerprint density at radius 3 is 2.69 bits per heavy atom. The van der Waals surface area contributed by atoms with Crippen molar-refractivity contribution in [2.75, 3.05) is 14.2 Å². The van der Waals surface area contributed by atoms with Crippen molar-refractivity contribution < 1.29 is 14.0 Å². The Labute approximate surface area is 149 Å². The SMILES string of the molecule is COc1ccc(Cc2nc(-c3ccc4nnc(C)n4c3)no2)cc1OC. The van der Waals surface area contributed by atoms with Gasteiger partial charge in [0.15, 0.2) is 17.1 Å². The number of fused-ring (bicyclic) bond motifs is 1. The molecule has 8 heteroatoms. The third-order valence-electron chi connectivity index (χ3n) is 4.10. The van der Waals surface area contributed by atoms with E-state index in [1.54, 1.807) is 14.2 Å². The molecular formula is C18H17N5O3. The van der Waals surface area contributed by atoms with Crippen molar-refractivity contribution in [3.8, 4) is 22.9 Å². The number of pyridine rings is 1. The van der Waals surface area contributed by atoms with Crippen molar-refractivity contribution in [1.29, 1.82) is 0 Å². The quantitative estimate of drug-likeness (QED) is 0.546. The molecule has 0 bridgehead atoms. The van der Waals surface area contributed by atoms with Crippen LogP contribution in [0.5, 0.6) is 11.5 Å². The lowest BCUT2D eigenvalue weighted by Gasteiger charge is -2.08. The molecule has 1 aromatic carbocycles. The lowest BCUT2D eigenvalue weighted by Crippen LogP contribution is -1.94.